The third-order valence-electron chi connectivity index (χ3n) is 5.07. The highest BCUT2D eigenvalue weighted by atomic mass is 16.5. The first-order valence-electron chi connectivity index (χ1n) is 10.0. The molecule has 2 aromatic rings. The molecule has 0 radical (unpaired) electrons. The number of hydrogen-bond acceptors (Lipinski definition) is 5. The Hall–Kier alpha value is -2.93. The van der Waals surface area contributed by atoms with Crippen molar-refractivity contribution in [3.8, 4) is 11.5 Å². The van der Waals surface area contributed by atoms with Gasteiger partial charge in [0.1, 0.15) is 11.5 Å². The zero-order valence-electron chi connectivity index (χ0n) is 17.3. The number of anilines is 2. The Morgan fingerprint density at radius 3 is 2.41 bits per heavy atom. The summed E-state index contributed by atoms with van der Waals surface area (Å²) in [5.41, 5.74) is 8.12. The van der Waals surface area contributed by atoms with Gasteiger partial charge in [-0.2, -0.15) is 0 Å². The van der Waals surface area contributed by atoms with Crippen molar-refractivity contribution in [2.75, 3.05) is 63.7 Å². The molecule has 1 heterocycles. The Bertz CT molecular complexity index is 786. The quantitative estimate of drug-likeness (QED) is 0.405. The largest absolute Gasteiger partial charge is 0.497 e. The van der Waals surface area contributed by atoms with E-state index in [4.69, 9.17) is 15.2 Å². The van der Waals surface area contributed by atoms with Crippen molar-refractivity contribution >= 4 is 17.3 Å². The number of methoxy groups -OCH3 is 2. The smallest absolute Gasteiger partial charge is 0.193 e. The van der Waals surface area contributed by atoms with Gasteiger partial charge in [0.2, 0.25) is 0 Å². The lowest BCUT2D eigenvalue weighted by molar-refractivity contribution is 0.256. The monoisotopic (exact) mass is 397 g/mol. The SMILES string of the molecule is COc1ccc(N2CCN(CCCN=C(N)Nc3cccc(OC)c3)CC2)cc1. The van der Waals surface area contributed by atoms with E-state index < -0.39 is 0 Å². The van der Waals surface area contributed by atoms with Crippen LogP contribution in [0.3, 0.4) is 0 Å². The lowest BCUT2D eigenvalue weighted by atomic mass is 10.2. The summed E-state index contributed by atoms with van der Waals surface area (Å²) in [4.78, 5) is 9.34. The number of rotatable bonds is 8. The number of nitrogens with one attached hydrogen (secondary N) is 1. The van der Waals surface area contributed by atoms with Crippen LogP contribution in [0.25, 0.3) is 0 Å². The van der Waals surface area contributed by atoms with Crippen molar-refractivity contribution < 1.29 is 9.47 Å². The molecule has 0 unspecified atom stereocenters. The van der Waals surface area contributed by atoms with Crippen LogP contribution in [-0.2, 0) is 0 Å². The summed E-state index contributed by atoms with van der Waals surface area (Å²) >= 11 is 0. The fourth-order valence-electron chi connectivity index (χ4n) is 3.40. The summed E-state index contributed by atoms with van der Waals surface area (Å²) < 4.78 is 10.4. The predicted octanol–water partition coefficient (Wildman–Crippen LogP) is 2.64. The van der Waals surface area contributed by atoms with E-state index in [1.165, 1.54) is 5.69 Å². The molecule has 29 heavy (non-hydrogen) atoms. The van der Waals surface area contributed by atoms with Crippen LogP contribution >= 0.6 is 0 Å². The van der Waals surface area contributed by atoms with E-state index in [0.29, 0.717) is 12.5 Å². The zero-order chi connectivity index (χ0) is 20.5. The van der Waals surface area contributed by atoms with Gasteiger partial charge in [0, 0.05) is 56.7 Å². The van der Waals surface area contributed by atoms with Crippen molar-refractivity contribution in [2.45, 2.75) is 6.42 Å². The summed E-state index contributed by atoms with van der Waals surface area (Å²) in [7, 11) is 3.34. The predicted molar refractivity (Wildman–Crippen MR) is 119 cm³/mol. The number of aliphatic imine (C=N–C) groups is 1. The number of hydrogen-bond donors (Lipinski definition) is 2. The molecule has 1 fully saturated rings. The van der Waals surface area contributed by atoms with Crippen molar-refractivity contribution in [1.29, 1.82) is 0 Å². The van der Waals surface area contributed by atoms with E-state index in [0.717, 1.165) is 56.3 Å². The molecular weight excluding hydrogens is 366 g/mol. The Labute approximate surface area is 173 Å². The first-order chi connectivity index (χ1) is 14.2. The molecule has 0 amide bonds. The highest BCUT2D eigenvalue weighted by Crippen LogP contribution is 2.20. The molecule has 1 aliphatic heterocycles. The van der Waals surface area contributed by atoms with E-state index in [1.54, 1.807) is 14.2 Å². The van der Waals surface area contributed by atoms with E-state index in [2.05, 4.69) is 32.2 Å². The van der Waals surface area contributed by atoms with Crippen LogP contribution < -0.4 is 25.4 Å². The average molecular weight is 398 g/mol. The Kier molecular flexibility index (Phi) is 7.58. The maximum Gasteiger partial charge on any atom is 0.193 e. The second-order valence-corrected chi connectivity index (χ2v) is 7.00. The number of ether oxygens (including phenoxy) is 2. The van der Waals surface area contributed by atoms with Gasteiger partial charge in [0.05, 0.1) is 14.2 Å². The van der Waals surface area contributed by atoms with Crippen LogP contribution in [0.15, 0.2) is 53.5 Å². The Morgan fingerprint density at radius 1 is 1.00 bits per heavy atom. The first kappa shape index (κ1) is 20.8. The van der Waals surface area contributed by atoms with Gasteiger partial charge < -0.3 is 25.4 Å². The average Bonchev–Trinajstić information content (AvgIpc) is 2.77. The van der Waals surface area contributed by atoms with Crippen molar-refractivity contribution in [3.05, 3.63) is 48.5 Å². The minimum Gasteiger partial charge on any atom is -0.497 e. The summed E-state index contributed by atoms with van der Waals surface area (Å²) in [6.07, 6.45) is 0.989. The van der Waals surface area contributed by atoms with E-state index in [-0.39, 0.29) is 0 Å². The van der Waals surface area contributed by atoms with Gasteiger partial charge in [-0.25, -0.2) is 0 Å². The van der Waals surface area contributed by atoms with Crippen LogP contribution in [0.4, 0.5) is 11.4 Å². The van der Waals surface area contributed by atoms with Crippen LogP contribution in [0.5, 0.6) is 11.5 Å². The summed E-state index contributed by atoms with van der Waals surface area (Å²) in [5, 5.41) is 3.11. The van der Waals surface area contributed by atoms with Crippen LogP contribution in [0.1, 0.15) is 6.42 Å². The van der Waals surface area contributed by atoms with Gasteiger partial charge in [0.25, 0.3) is 0 Å². The molecule has 7 heteroatoms. The lowest BCUT2D eigenvalue weighted by Crippen LogP contribution is -2.46. The van der Waals surface area contributed by atoms with Gasteiger partial charge in [-0.1, -0.05) is 6.07 Å². The van der Waals surface area contributed by atoms with Gasteiger partial charge in [-0.15, -0.1) is 0 Å². The van der Waals surface area contributed by atoms with E-state index in [1.807, 2.05) is 36.4 Å². The fourth-order valence-corrected chi connectivity index (χ4v) is 3.40. The van der Waals surface area contributed by atoms with Gasteiger partial charge >= 0.3 is 0 Å². The Balaban J connectivity index is 1.36. The third kappa shape index (κ3) is 6.29. The van der Waals surface area contributed by atoms with Gasteiger partial charge in [0.15, 0.2) is 5.96 Å². The summed E-state index contributed by atoms with van der Waals surface area (Å²) in [6.45, 7) is 5.94. The minimum absolute atomic E-state index is 0.433. The van der Waals surface area contributed by atoms with E-state index >= 15 is 0 Å². The zero-order valence-corrected chi connectivity index (χ0v) is 17.3. The molecular formula is C22H31N5O2. The molecule has 7 nitrogen and oxygen atoms in total. The number of nitrogens with two attached hydrogens (primary N) is 1. The molecule has 0 bridgehead atoms. The highest BCUT2D eigenvalue weighted by molar-refractivity contribution is 5.92. The summed E-state index contributed by atoms with van der Waals surface area (Å²) in [5.74, 6) is 2.12. The third-order valence-corrected chi connectivity index (χ3v) is 5.07. The number of benzene rings is 2. The molecule has 1 aliphatic rings. The minimum atomic E-state index is 0.433. The topological polar surface area (TPSA) is 75.4 Å². The molecule has 3 rings (SSSR count). The highest BCUT2D eigenvalue weighted by Gasteiger charge is 2.16. The van der Waals surface area contributed by atoms with Gasteiger partial charge in [-0.05, 0) is 42.8 Å². The maximum atomic E-state index is 5.99. The molecule has 2 aromatic carbocycles. The molecule has 0 aliphatic carbocycles. The number of piperazine rings is 1. The second-order valence-electron chi connectivity index (χ2n) is 7.00. The molecule has 156 valence electrons. The van der Waals surface area contributed by atoms with Gasteiger partial charge in [-0.3, -0.25) is 9.89 Å². The van der Waals surface area contributed by atoms with Crippen LogP contribution in [0, 0.1) is 0 Å². The van der Waals surface area contributed by atoms with Crippen molar-refractivity contribution in [1.82, 2.24) is 4.90 Å². The lowest BCUT2D eigenvalue weighted by Gasteiger charge is -2.36. The molecule has 0 aromatic heterocycles. The number of nitrogens with zero attached hydrogens (tertiary/aromatic N) is 3. The summed E-state index contributed by atoms with van der Waals surface area (Å²) in [6, 6.07) is 15.9. The molecule has 3 N–H and O–H groups in total. The second kappa shape index (κ2) is 10.6. The molecule has 1 saturated heterocycles. The maximum absolute atomic E-state index is 5.99. The number of guanidine groups is 1. The molecule has 0 saturated carbocycles. The fraction of sp³-hybridized carbons (Fsp3) is 0.409. The van der Waals surface area contributed by atoms with E-state index in [9.17, 15) is 0 Å². The van der Waals surface area contributed by atoms with Crippen molar-refractivity contribution in [3.63, 3.8) is 0 Å². The van der Waals surface area contributed by atoms with Crippen molar-refractivity contribution in [2.24, 2.45) is 10.7 Å². The first-order valence-corrected chi connectivity index (χ1v) is 10.0. The normalized spacial score (nSPS) is 15.2. The Morgan fingerprint density at radius 2 is 1.72 bits per heavy atom. The molecule has 0 atom stereocenters. The molecule has 0 spiro atoms. The van der Waals surface area contributed by atoms with Crippen LogP contribution in [0.2, 0.25) is 0 Å². The standard InChI is InChI=1S/C22H31N5O2/c1-28-20-9-7-19(8-10-20)27-15-13-26(14-16-27)12-4-11-24-22(23)25-18-5-3-6-21(17-18)29-2/h3,5-10,17H,4,11-16H2,1-2H3,(H3,23,24,25). The van der Waals surface area contributed by atoms with Crippen LogP contribution in [-0.4, -0.2) is 64.3 Å².